The average molecular weight is 387 g/mol. The molecule has 0 saturated heterocycles. The minimum atomic E-state index is 0.860. The van der Waals surface area contributed by atoms with E-state index in [1.807, 2.05) is 6.07 Å². The summed E-state index contributed by atoms with van der Waals surface area (Å²) in [6, 6.07) is 6.30. The normalized spacial score (nSPS) is 11.0. The highest BCUT2D eigenvalue weighted by Crippen LogP contribution is 2.34. The predicted octanol–water partition coefficient (Wildman–Crippen LogP) is 5.05. The summed E-state index contributed by atoms with van der Waals surface area (Å²) in [5.41, 5.74) is 1.33. The number of halogens is 3. The van der Waals surface area contributed by atoms with E-state index in [2.05, 4.69) is 50.7 Å². The van der Waals surface area contributed by atoms with Gasteiger partial charge in [-0.1, -0.05) is 27.5 Å². The molecule has 1 aromatic carbocycles. The Bertz CT molecular complexity index is 452. The Morgan fingerprint density at radius 3 is 2.92 bits per heavy atom. The molecular formula is C9H5BrClIS. The summed E-state index contributed by atoms with van der Waals surface area (Å²) >= 11 is 13.4. The average Bonchev–Trinajstić information content (AvgIpc) is 2.45. The van der Waals surface area contributed by atoms with Crippen LogP contribution in [-0.4, -0.2) is 0 Å². The maximum atomic E-state index is 5.97. The number of alkyl halides is 1. The fourth-order valence-electron chi connectivity index (χ4n) is 1.25. The number of thiophene rings is 1. The molecule has 0 saturated carbocycles. The van der Waals surface area contributed by atoms with Crippen molar-refractivity contribution in [1.29, 1.82) is 0 Å². The molecule has 0 amide bonds. The van der Waals surface area contributed by atoms with Crippen LogP contribution in [0.4, 0.5) is 0 Å². The van der Waals surface area contributed by atoms with Crippen molar-refractivity contribution in [3.05, 3.63) is 31.7 Å². The molecule has 1 heterocycles. The van der Waals surface area contributed by atoms with Gasteiger partial charge in [0.05, 0.1) is 4.34 Å². The van der Waals surface area contributed by atoms with Gasteiger partial charge in [-0.25, -0.2) is 0 Å². The van der Waals surface area contributed by atoms with Crippen LogP contribution in [0.1, 0.15) is 5.56 Å². The first-order chi connectivity index (χ1) is 6.22. The molecule has 13 heavy (non-hydrogen) atoms. The van der Waals surface area contributed by atoms with Crippen molar-refractivity contribution in [2.45, 2.75) is 5.33 Å². The molecule has 0 fully saturated rings. The Morgan fingerprint density at radius 1 is 1.46 bits per heavy atom. The molecule has 4 heteroatoms. The van der Waals surface area contributed by atoms with Gasteiger partial charge < -0.3 is 0 Å². The second-order valence-electron chi connectivity index (χ2n) is 2.62. The van der Waals surface area contributed by atoms with Crippen molar-refractivity contribution in [2.75, 3.05) is 0 Å². The van der Waals surface area contributed by atoms with E-state index in [4.69, 9.17) is 11.6 Å². The zero-order chi connectivity index (χ0) is 9.42. The third kappa shape index (κ3) is 1.89. The molecule has 0 aliphatic carbocycles. The molecule has 2 aromatic rings. The van der Waals surface area contributed by atoms with Crippen molar-refractivity contribution in [2.24, 2.45) is 0 Å². The summed E-state index contributed by atoms with van der Waals surface area (Å²) in [7, 11) is 0. The number of rotatable bonds is 1. The van der Waals surface area contributed by atoms with E-state index < -0.39 is 0 Å². The lowest BCUT2D eigenvalue weighted by Crippen LogP contribution is -1.83. The molecule has 0 radical (unpaired) electrons. The number of benzene rings is 1. The van der Waals surface area contributed by atoms with Crippen LogP contribution in [-0.2, 0) is 5.33 Å². The molecule has 2 rings (SSSR count). The van der Waals surface area contributed by atoms with E-state index in [0.29, 0.717) is 0 Å². The van der Waals surface area contributed by atoms with Crippen LogP contribution in [0.5, 0.6) is 0 Å². The van der Waals surface area contributed by atoms with Crippen LogP contribution >= 0.6 is 61.5 Å². The number of hydrogen-bond donors (Lipinski definition) is 0. The first-order valence-electron chi connectivity index (χ1n) is 3.65. The van der Waals surface area contributed by atoms with Crippen molar-refractivity contribution in [1.82, 2.24) is 0 Å². The van der Waals surface area contributed by atoms with Crippen LogP contribution in [0, 0.1) is 3.57 Å². The van der Waals surface area contributed by atoms with Crippen LogP contribution in [0.3, 0.4) is 0 Å². The van der Waals surface area contributed by atoms with Gasteiger partial charge in [-0.05, 0) is 51.7 Å². The first kappa shape index (κ1) is 10.2. The van der Waals surface area contributed by atoms with E-state index in [9.17, 15) is 0 Å². The van der Waals surface area contributed by atoms with Crippen molar-refractivity contribution in [3.8, 4) is 0 Å². The Labute approximate surface area is 108 Å². The van der Waals surface area contributed by atoms with E-state index in [0.717, 1.165) is 9.67 Å². The van der Waals surface area contributed by atoms with Gasteiger partial charge in [0.25, 0.3) is 0 Å². The summed E-state index contributed by atoms with van der Waals surface area (Å²) in [5.74, 6) is 0. The molecular weight excluding hydrogens is 382 g/mol. The lowest BCUT2D eigenvalue weighted by molar-refractivity contribution is 1.46. The molecule has 68 valence electrons. The monoisotopic (exact) mass is 386 g/mol. The largest absolute Gasteiger partial charge is 0.123 e. The third-order valence-corrected chi connectivity index (χ3v) is 4.66. The second kappa shape index (κ2) is 4.04. The van der Waals surface area contributed by atoms with E-state index in [-0.39, 0.29) is 0 Å². The number of hydrogen-bond acceptors (Lipinski definition) is 1. The van der Waals surface area contributed by atoms with Gasteiger partial charge in [-0.15, -0.1) is 11.3 Å². The predicted molar refractivity (Wildman–Crippen MR) is 72.2 cm³/mol. The molecule has 0 N–H and O–H groups in total. The molecule has 0 spiro atoms. The summed E-state index contributed by atoms with van der Waals surface area (Å²) in [6.07, 6.45) is 0. The smallest absolute Gasteiger partial charge is 0.0940 e. The Hall–Kier alpha value is 0.680. The highest BCUT2D eigenvalue weighted by molar-refractivity contribution is 14.1. The van der Waals surface area contributed by atoms with Crippen LogP contribution in [0.25, 0.3) is 10.1 Å². The molecule has 0 unspecified atom stereocenters. The maximum Gasteiger partial charge on any atom is 0.0940 e. The zero-order valence-electron chi connectivity index (χ0n) is 6.48. The van der Waals surface area contributed by atoms with Crippen LogP contribution in [0.15, 0.2) is 18.2 Å². The molecule has 1 aromatic heterocycles. The highest BCUT2D eigenvalue weighted by atomic mass is 127. The van der Waals surface area contributed by atoms with E-state index in [1.165, 1.54) is 19.2 Å². The Morgan fingerprint density at radius 2 is 2.23 bits per heavy atom. The third-order valence-electron chi connectivity index (χ3n) is 1.86. The Balaban J connectivity index is 2.82. The van der Waals surface area contributed by atoms with Gasteiger partial charge in [-0.2, -0.15) is 0 Å². The van der Waals surface area contributed by atoms with Gasteiger partial charge in [-0.3, -0.25) is 0 Å². The van der Waals surface area contributed by atoms with Gasteiger partial charge >= 0.3 is 0 Å². The van der Waals surface area contributed by atoms with Crippen LogP contribution < -0.4 is 0 Å². The summed E-state index contributed by atoms with van der Waals surface area (Å²) < 4.78 is 3.41. The number of fused-ring (bicyclic) bond motifs is 1. The minimum Gasteiger partial charge on any atom is -0.123 e. The van der Waals surface area contributed by atoms with Gasteiger partial charge in [0.2, 0.25) is 0 Å². The molecule has 0 atom stereocenters. The quantitative estimate of drug-likeness (QED) is 0.474. The fraction of sp³-hybridized carbons (Fsp3) is 0.111. The summed E-state index contributed by atoms with van der Waals surface area (Å²) in [5, 5.41) is 2.16. The van der Waals surface area contributed by atoms with E-state index in [1.54, 1.807) is 11.3 Å². The van der Waals surface area contributed by atoms with Crippen molar-refractivity contribution >= 4 is 71.5 Å². The minimum absolute atomic E-state index is 0.860. The lowest BCUT2D eigenvalue weighted by Gasteiger charge is -2.01. The van der Waals surface area contributed by atoms with Gasteiger partial charge in [0.15, 0.2) is 0 Å². The molecule has 0 aliphatic rings. The van der Waals surface area contributed by atoms with Gasteiger partial charge in [0, 0.05) is 13.6 Å². The molecule has 0 nitrogen and oxygen atoms in total. The molecule has 0 bridgehead atoms. The summed E-state index contributed by atoms with van der Waals surface area (Å²) in [6.45, 7) is 0. The van der Waals surface area contributed by atoms with Crippen molar-refractivity contribution < 1.29 is 0 Å². The van der Waals surface area contributed by atoms with Crippen LogP contribution in [0.2, 0.25) is 4.34 Å². The van der Waals surface area contributed by atoms with Gasteiger partial charge in [0.1, 0.15) is 0 Å². The van der Waals surface area contributed by atoms with Crippen molar-refractivity contribution in [3.63, 3.8) is 0 Å². The van der Waals surface area contributed by atoms with E-state index >= 15 is 0 Å². The fourth-order valence-corrected chi connectivity index (χ4v) is 4.21. The first-order valence-corrected chi connectivity index (χ1v) is 7.04. The zero-order valence-corrected chi connectivity index (χ0v) is 11.8. The summed E-state index contributed by atoms with van der Waals surface area (Å²) in [4.78, 5) is 0. The maximum absolute atomic E-state index is 5.97. The lowest BCUT2D eigenvalue weighted by atomic mass is 10.2. The topological polar surface area (TPSA) is 0 Å². The SMILES string of the molecule is Clc1cc2c(CBr)c(I)ccc2s1. The standard InChI is InChI=1S/C9H5BrClIS/c10-4-6-5-3-9(11)13-8(5)2-1-7(6)12/h1-3H,4H2. The highest BCUT2D eigenvalue weighted by Gasteiger charge is 2.07. The Kier molecular flexibility index (Phi) is 3.18. The molecule has 0 aliphatic heterocycles. The second-order valence-corrected chi connectivity index (χ2v) is 6.06.